The van der Waals surface area contributed by atoms with Crippen molar-refractivity contribution in [2.45, 2.75) is 32.7 Å². The van der Waals surface area contributed by atoms with Crippen LogP contribution in [0.1, 0.15) is 35.8 Å². The molecular weight excluding hydrogens is 353 g/mol. The first-order valence-electron chi connectivity index (χ1n) is 8.51. The van der Waals surface area contributed by atoms with E-state index >= 15 is 0 Å². The topological polar surface area (TPSA) is 59.2 Å². The SMILES string of the molecule is CC[C@@H](C)N(CCc1nc(-c2ccc(F)cc2)no1)C(=O)c1cccs1. The van der Waals surface area contributed by atoms with E-state index < -0.39 is 0 Å². The molecule has 1 amide bonds. The first-order valence-corrected chi connectivity index (χ1v) is 9.39. The smallest absolute Gasteiger partial charge is 0.264 e. The number of halogens is 1. The van der Waals surface area contributed by atoms with E-state index in [1.165, 1.54) is 23.5 Å². The van der Waals surface area contributed by atoms with Gasteiger partial charge in [-0.3, -0.25) is 4.79 Å². The van der Waals surface area contributed by atoms with Gasteiger partial charge in [0.05, 0.1) is 4.88 Å². The van der Waals surface area contributed by atoms with E-state index in [2.05, 4.69) is 17.1 Å². The van der Waals surface area contributed by atoms with Crippen LogP contribution < -0.4 is 0 Å². The van der Waals surface area contributed by atoms with Crippen molar-refractivity contribution in [3.63, 3.8) is 0 Å². The van der Waals surface area contributed by atoms with Gasteiger partial charge in [0, 0.05) is 24.6 Å². The fourth-order valence-electron chi connectivity index (χ4n) is 2.57. The molecule has 0 fully saturated rings. The molecule has 0 spiro atoms. The summed E-state index contributed by atoms with van der Waals surface area (Å²) in [4.78, 5) is 19.6. The van der Waals surface area contributed by atoms with E-state index in [4.69, 9.17) is 4.52 Å². The molecule has 0 unspecified atom stereocenters. The van der Waals surface area contributed by atoms with Crippen molar-refractivity contribution in [1.29, 1.82) is 0 Å². The number of amides is 1. The molecule has 0 bridgehead atoms. The van der Waals surface area contributed by atoms with Crippen LogP contribution in [0.25, 0.3) is 11.4 Å². The van der Waals surface area contributed by atoms with E-state index in [1.807, 2.05) is 29.3 Å². The largest absolute Gasteiger partial charge is 0.339 e. The van der Waals surface area contributed by atoms with Gasteiger partial charge < -0.3 is 9.42 Å². The van der Waals surface area contributed by atoms with E-state index in [-0.39, 0.29) is 17.8 Å². The number of benzene rings is 1. The Labute approximate surface area is 155 Å². The molecule has 1 aromatic carbocycles. The standard InChI is InChI=1S/C19H20FN3O2S/c1-3-13(2)23(19(24)16-5-4-12-26-16)11-10-17-21-18(22-25-17)14-6-8-15(20)9-7-14/h4-9,12-13H,3,10-11H2,1-2H3/t13-/m1/s1. The van der Waals surface area contributed by atoms with Gasteiger partial charge in [-0.2, -0.15) is 4.98 Å². The van der Waals surface area contributed by atoms with Gasteiger partial charge in [0.2, 0.25) is 11.7 Å². The lowest BCUT2D eigenvalue weighted by Gasteiger charge is -2.27. The first kappa shape index (κ1) is 18.3. The van der Waals surface area contributed by atoms with Crippen LogP contribution in [0.2, 0.25) is 0 Å². The van der Waals surface area contributed by atoms with Crippen LogP contribution in [0, 0.1) is 5.82 Å². The summed E-state index contributed by atoms with van der Waals surface area (Å²) in [5.41, 5.74) is 0.690. The maximum Gasteiger partial charge on any atom is 0.264 e. The predicted molar refractivity (Wildman–Crippen MR) is 98.5 cm³/mol. The lowest BCUT2D eigenvalue weighted by molar-refractivity contribution is 0.0691. The molecule has 2 heterocycles. The molecule has 0 aliphatic rings. The van der Waals surface area contributed by atoms with E-state index in [0.29, 0.717) is 30.2 Å². The summed E-state index contributed by atoms with van der Waals surface area (Å²) in [6.45, 7) is 4.58. The van der Waals surface area contributed by atoms with Crippen molar-refractivity contribution in [2.24, 2.45) is 0 Å². The Balaban J connectivity index is 1.69. The Kier molecular flexibility index (Phi) is 5.78. The summed E-state index contributed by atoms with van der Waals surface area (Å²) in [5.74, 6) is 0.581. The molecule has 136 valence electrons. The minimum Gasteiger partial charge on any atom is -0.339 e. The molecule has 0 aliphatic carbocycles. The highest BCUT2D eigenvalue weighted by Gasteiger charge is 2.22. The van der Waals surface area contributed by atoms with Crippen molar-refractivity contribution in [3.05, 3.63) is 58.4 Å². The maximum absolute atomic E-state index is 13.0. The number of carbonyl (C=O) groups excluding carboxylic acids is 1. The van der Waals surface area contributed by atoms with Gasteiger partial charge in [0.25, 0.3) is 5.91 Å². The quantitative estimate of drug-likeness (QED) is 0.615. The molecule has 5 nitrogen and oxygen atoms in total. The van der Waals surface area contributed by atoms with Crippen LogP contribution in [0.15, 0.2) is 46.3 Å². The summed E-state index contributed by atoms with van der Waals surface area (Å²) in [7, 11) is 0. The third-order valence-corrected chi connectivity index (χ3v) is 5.11. The summed E-state index contributed by atoms with van der Waals surface area (Å²) in [6, 6.07) is 9.75. The number of hydrogen-bond donors (Lipinski definition) is 0. The number of carbonyl (C=O) groups is 1. The average Bonchev–Trinajstić information content (AvgIpc) is 3.34. The molecular formula is C19H20FN3O2S. The van der Waals surface area contributed by atoms with Crippen LogP contribution >= 0.6 is 11.3 Å². The first-order chi connectivity index (χ1) is 12.6. The highest BCUT2D eigenvalue weighted by molar-refractivity contribution is 7.12. The molecule has 0 N–H and O–H groups in total. The van der Waals surface area contributed by atoms with Gasteiger partial charge in [-0.1, -0.05) is 18.1 Å². The molecule has 26 heavy (non-hydrogen) atoms. The second-order valence-corrected chi connectivity index (χ2v) is 6.95. The zero-order valence-corrected chi connectivity index (χ0v) is 15.5. The highest BCUT2D eigenvalue weighted by atomic mass is 32.1. The highest BCUT2D eigenvalue weighted by Crippen LogP contribution is 2.18. The normalized spacial score (nSPS) is 12.1. The van der Waals surface area contributed by atoms with Gasteiger partial charge in [-0.15, -0.1) is 11.3 Å². The second-order valence-electron chi connectivity index (χ2n) is 6.00. The Hall–Kier alpha value is -2.54. The zero-order valence-electron chi connectivity index (χ0n) is 14.7. The number of nitrogens with zero attached hydrogens (tertiary/aromatic N) is 3. The summed E-state index contributed by atoms with van der Waals surface area (Å²) < 4.78 is 18.3. The molecule has 0 aliphatic heterocycles. The summed E-state index contributed by atoms with van der Waals surface area (Å²) >= 11 is 1.44. The van der Waals surface area contributed by atoms with Gasteiger partial charge in [-0.25, -0.2) is 4.39 Å². The van der Waals surface area contributed by atoms with Crippen LogP contribution in [0.5, 0.6) is 0 Å². The minimum atomic E-state index is -0.311. The summed E-state index contributed by atoms with van der Waals surface area (Å²) in [6.07, 6.45) is 1.33. The predicted octanol–water partition coefficient (Wildman–Crippen LogP) is 4.42. The van der Waals surface area contributed by atoms with Gasteiger partial charge in [0.15, 0.2) is 0 Å². The van der Waals surface area contributed by atoms with E-state index in [1.54, 1.807) is 12.1 Å². The number of aromatic nitrogens is 2. The lowest BCUT2D eigenvalue weighted by Crippen LogP contribution is -2.39. The summed E-state index contributed by atoms with van der Waals surface area (Å²) in [5, 5.41) is 5.84. The molecule has 3 aromatic rings. The van der Waals surface area contributed by atoms with Crippen molar-refractivity contribution in [1.82, 2.24) is 15.0 Å². The van der Waals surface area contributed by atoms with E-state index in [0.717, 1.165) is 11.3 Å². The van der Waals surface area contributed by atoms with Crippen LogP contribution in [-0.2, 0) is 6.42 Å². The second kappa shape index (κ2) is 8.23. The van der Waals surface area contributed by atoms with Gasteiger partial charge >= 0.3 is 0 Å². The molecule has 2 aromatic heterocycles. The Morgan fingerprint density at radius 1 is 1.31 bits per heavy atom. The van der Waals surface area contributed by atoms with Gasteiger partial charge in [0.1, 0.15) is 5.82 Å². The Bertz CT molecular complexity index is 846. The monoisotopic (exact) mass is 373 g/mol. The lowest BCUT2D eigenvalue weighted by atomic mass is 10.2. The van der Waals surface area contributed by atoms with Crippen molar-refractivity contribution in [3.8, 4) is 11.4 Å². The van der Waals surface area contributed by atoms with Crippen LogP contribution in [0.4, 0.5) is 4.39 Å². The molecule has 7 heteroatoms. The number of rotatable bonds is 7. The molecule has 3 rings (SSSR count). The fourth-order valence-corrected chi connectivity index (χ4v) is 3.25. The molecule has 0 radical (unpaired) electrons. The van der Waals surface area contributed by atoms with Crippen LogP contribution in [-0.4, -0.2) is 33.5 Å². The third kappa shape index (κ3) is 4.16. The molecule has 0 saturated heterocycles. The van der Waals surface area contributed by atoms with Gasteiger partial charge in [-0.05, 0) is 49.1 Å². The van der Waals surface area contributed by atoms with Crippen LogP contribution in [0.3, 0.4) is 0 Å². The molecule has 1 atom stereocenters. The maximum atomic E-state index is 13.0. The minimum absolute atomic E-state index is 0.0209. The van der Waals surface area contributed by atoms with E-state index in [9.17, 15) is 9.18 Å². The fraction of sp³-hybridized carbons (Fsp3) is 0.316. The number of thiophene rings is 1. The number of hydrogen-bond acceptors (Lipinski definition) is 5. The Morgan fingerprint density at radius 3 is 2.73 bits per heavy atom. The van der Waals surface area contributed by atoms with Crippen molar-refractivity contribution < 1.29 is 13.7 Å². The van der Waals surface area contributed by atoms with Crippen molar-refractivity contribution in [2.75, 3.05) is 6.54 Å². The average molecular weight is 373 g/mol. The zero-order chi connectivity index (χ0) is 18.5. The Morgan fingerprint density at radius 2 is 2.08 bits per heavy atom. The van der Waals surface area contributed by atoms with Crippen molar-refractivity contribution >= 4 is 17.2 Å². The third-order valence-electron chi connectivity index (χ3n) is 4.25. The molecule has 0 saturated carbocycles.